The van der Waals surface area contributed by atoms with E-state index in [9.17, 15) is 9.59 Å². The Morgan fingerprint density at radius 2 is 1.95 bits per heavy atom. The maximum absolute atomic E-state index is 11.7. The van der Waals surface area contributed by atoms with E-state index in [1.165, 1.54) is 0 Å². The molecule has 21 heavy (non-hydrogen) atoms. The third-order valence-electron chi connectivity index (χ3n) is 3.04. The Balaban J connectivity index is 2.40. The minimum atomic E-state index is -0.823. The summed E-state index contributed by atoms with van der Waals surface area (Å²) in [5, 5.41) is 11.4. The lowest BCUT2D eigenvalue weighted by molar-refractivity contribution is -0.137. The van der Waals surface area contributed by atoms with Gasteiger partial charge >= 0.3 is 5.97 Å². The van der Waals surface area contributed by atoms with E-state index in [0.717, 1.165) is 16.9 Å². The largest absolute Gasteiger partial charge is 0.494 e. The monoisotopic (exact) mass is 293 g/mol. The van der Waals surface area contributed by atoms with Crippen LogP contribution in [0.4, 0.5) is 0 Å². The Hall–Kier alpha value is -2.04. The van der Waals surface area contributed by atoms with Gasteiger partial charge in [0, 0.05) is 24.9 Å². The van der Waals surface area contributed by atoms with Gasteiger partial charge in [-0.25, -0.2) is 0 Å². The molecule has 1 aromatic rings. The Labute approximate surface area is 125 Å². The van der Waals surface area contributed by atoms with Crippen LogP contribution in [0, 0.1) is 6.92 Å². The van der Waals surface area contributed by atoms with Crippen molar-refractivity contribution in [1.29, 1.82) is 0 Å². The molecule has 0 heterocycles. The Morgan fingerprint density at radius 1 is 1.24 bits per heavy atom. The Morgan fingerprint density at radius 3 is 2.62 bits per heavy atom. The zero-order valence-electron chi connectivity index (χ0n) is 12.6. The second-order valence-corrected chi connectivity index (χ2v) is 4.92. The first-order valence-corrected chi connectivity index (χ1v) is 7.23. The molecular formula is C16H23NO4. The number of carbonyl (C=O) groups excluding carboxylic acids is 1. The quantitative estimate of drug-likeness (QED) is 0.686. The van der Waals surface area contributed by atoms with E-state index in [1.807, 2.05) is 32.0 Å². The lowest BCUT2D eigenvalue weighted by Crippen LogP contribution is -2.22. The molecule has 0 aliphatic heterocycles. The summed E-state index contributed by atoms with van der Waals surface area (Å²) in [7, 11) is 0. The second kappa shape index (κ2) is 9.00. The number of carboxylic acid groups (broad SMARTS) is 1. The van der Waals surface area contributed by atoms with Crippen LogP contribution in [0.2, 0.25) is 0 Å². The molecule has 0 aliphatic carbocycles. The molecule has 0 aromatic heterocycles. The van der Waals surface area contributed by atoms with Gasteiger partial charge in [0.25, 0.3) is 0 Å². The average Bonchev–Trinajstić information content (AvgIpc) is 2.43. The average molecular weight is 293 g/mol. The van der Waals surface area contributed by atoms with Gasteiger partial charge in [0.2, 0.25) is 5.91 Å². The zero-order valence-corrected chi connectivity index (χ0v) is 12.6. The number of hydrogen-bond acceptors (Lipinski definition) is 3. The summed E-state index contributed by atoms with van der Waals surface area (Å²) in [6, 6.07) is 5.89. The highest BCUT2D eigenvalue weighted by Gasteiger charge is 2.07. The SMILES string of the molecule is CCOc1cc(C)ccc1CNC(=O)CCCCC(=O)O. The summed E-state index contributed by atoms with van der Waals surface area (Å²) in [5.41, 5.74) is 2.06. The van der Waals surface area contributed by atoms with Crippen molar-refractivity contribution in [3.8, 4) is 5.75 Å². The van der Waals surface area contributed by atoms with Crippen molar-refractivity contribution in [2.45, 2.75) is 46.1 Å². The van der Waals surface area contributed by atoms with Crippen molar-refractivity contribution in [2.75, 3.05) is 6.61 Å². The van der Waals surface area contributed by atoms with E-state index in [-0.39, 0.29) is 12.3 Å². The van der Waals surface area contributed by atoms with Crippen LogP contribution in [0.1, 0.15) is 43.7 Å². The van der Waals surface area contributed by atoms with Gasteiger partial charge < -0.3 is 15.2 Å². The van der Waals surface area contributed by atoms with Crippen molar-refractivity contribution < 1.29 is 19.4 Å². The molecule has 1 aromatic carbocycles. The first-order valence-electron chi connectivity index (χ1n) is 7.23. The van der Waals surface area contributed by atoms with Gasteiger partial charge in [-0.1, -0.05) is 12.1 Å². The van der Waals surface area contributed by atoms with E-state index in [4.69, 9.17) is 9.84 Å². The van der Waals surface area contributed by atoms with Crippen LogP contribution < -0.4 is 10.1 Å². The van der Waals surface area contributed by atoms with Crippen molar-refractivity contribution in [1.82, 2.24) is 5.32 Å². The number of amides is 1. The minimum absolute atomic E-state index is 0.0663. The fourth-order valence-electron chi connectivity index (χ4n) is 1.94. The molecule has 0 saturated heterocycles. The van der Waals surface area contributed by atoms with Crippen LogP contribution in [0.15, 0.2) is 18.2 Å². The van der Waals surface area contributed by atoms with Crippen LogP contribution >= 0.6 is 0 Å². The Kier molecular flexibility index (Phi) is 7.29. The zero-order chi connectivity index (χ0) is 15.7. The van der Waals surface area contributed by atoms with Gasteiger partial charge in [-0.05, 0) is 38.3 Å². The number of hydrogen-bond donors (Lipinski definition) is 2. The van der Waals surface area contributed by atoms with Gasteiger partial charge in [0.15, 0.2) is 0 Å². The first-order chi connectivity index (χ1) is 10.0. The summed E-state index contributed by atoms with van der Waals surface area (Å²) >= 11 is 0. The summed E-state index contributed by atoms with van der Waals surface area (Å²) in [6.07, 6.45) is 1.57. The number of rotatable bonds is 9. The highest BCUT2D eigenvalue weighted by molar-refractivity contribution is 5.76. The van der Waals surface area contributed by atoms with Gasteiger partial charge in [0.05, 0.1) is 6.61 Å². The molecular weight excluding hydrogens is 270 g/mol. The van der Waals surface area contributed by atoms with Crippen molar-refractivity contribution in [2.24, 2.45) is 0 Å². The van der Waals surface area contributed by atoms with Crippen molar-refractivity contribution >= 4 is 11.9 Å². The second-order valence-electron chi connectivity index (χ2n) is 4.92. The van der Waals surface area contributed by atoms with Crippen LogP contribution in [0.3, 0.4) is 0 Å². The molecule has 0 saturated carbocycles. The molecule has 1 amide bonds. The highest BCUT2D eigenvalue weighted by Crippen LogP contribution is 2.20. The van der Waals surface area contributed by atoms with Crippen molar-refractivity contribution in [3.63, 3.8) is 0 Å². The maximum Gasteiger partial charge on any atom is 0.303 e. The summed E-state index contributed by atoms with van der Waals surface area (Å²) < 4.78 is 5.56. The molecule has 1 rings (SSSR count). The molecule has 2 N–H and O–H groups in total. The maximum atomic E-state index is 11.7. The van der Waals surface area contributed by atoms with Gasteiger partial charge in [0.1, 0.15) is 5.75 Å². The molecule has 5 heteroatoms. The number of aliphatic carboxylic acids is 1. The molecule has 5 nitrogen and oxygen atoms in total. The topological polar surface area (TPSA) is 75.6 Å². The number of unbranched alkanes of at least 4 members (excludes halogenated alkanes) is 1. The highest BCUT2D eigenvalue weighted by atomic mass is 16.5. The smallest absolute Gasteiger partial charge is 0.303 e. The third-order valence-corrected chi connectivity index (χ3v) is 3.04. The van der Waals surface area contributed by atoms with E-state index < -0.39 is 5.97 Å². The number of carbonyl (C=O) groups is 2. The lowest BCUT2D eigenvalue weighted by Gasteiger charge is -2.12. The predicted octanol–water partition coefficient (Wildman–Crippen LogP) is 2.65. The van der Waals surface area contributed by atoms with E-state index in [0.29, 0.717) is 32.4 Å². The van der Waals surface area contributed by atoms with Crippen LogP contribution in [0.5, 0.6) is 5.75 Å². The van der Waals surface area contributed by atoms with Crippen molar-refractivity contribution in [3.05, 3.63) is 29.3 Å². The summed E-state index contributed by atoms with van der Waals surface area (Å²) in [5.74, 6) is -0.0940. The molecule has 0 atom stereocenters. The molecule has 0 spiro atoms. The normalized spacial score (nSPS) is 10.2. The number of aryl methyl sites for hydroxylation is 1. The molecule has 0 fully saturated rings. The lowest BCUT2D eigenvalue weighted by atomic mass is 10.1. The minimum Gasteiger partial charge on any atom is -0.494 e. The summed E-state index contributed by atoms with van der Waals surface area (Å²) in [6.45, 7) is 4.92. The van der Waals surface area contributed by atoms with E-state index >= 15 is 0 Å². The fourth-order valence-corrected chi connectivity index (χ4v) is 1.94. The third kappa shape index (κ3) is 6.79. The molecule has 116 valence electrons. The Bertz CT molecular complexity index is 485. The predicted molar refractivity (Wildman–Crippen MR) is 80.3 cm³/mol. The number of ether oxygens (including phenoxy) is 1. The van der Waals surface area contributed by atoms with Gasteiger partial charge in [-0.15, -0.1) is 0 Å². The number of carboxylic acids is 1. The van der Waals surface area contributed by atoms with Gasteiger partial charge in [-0.3, -0.25) is 9.59 Å². The molecule has 0 bridgehead atoms. The molecule has 0 radical (unpaired) electrons. The molecule has 0 unspecified atom stereocenters. The first kappa shape index (κ1) is 17.0. The number of benzene rings is 1. The van der Waals surface area contributed by atoms with Gasteiger partial charge in [-0.2, -0.15) is 0 Å². The van der Waals surface area contributed by atoms with E-state index in [2.05, 4.69) is 5.32 Å². The number of nitrogens with one attached hydrogen (secondary N) is 1. The molecule has 0 aliphatic rings. The fraction of sp³-hybridized carbons (Fsp3) is 0.500. The standard InChI is InChI=1S/C16H23NO4/c1-3-21-14-10-12(2)8-9-13(14)11-17-15(18)6-4-5-7-16(19)20/h8-10H,3-7,11H2,1-2H3,(H,17,18)(H,19,20). The van der Waals surface area contributed by atoms with Crippen LogP contribution in [0.25, 0.3) is 0 Å². The van der Waals surface area contributed by atoms with Crippen LogP contribution in [-0.2, 0) is 16.1 Å². The van der Waals surface area contributed by atoms with E-state index in [1.54, 1.807) is 0 Å². The summed E-state index contributed by atoms with van der Waals surface area (Å²) in [4.78, 5) is 22.1. The van der Waals surface area contributed by atoms with Crippen LogP contribution in [-0.4, -0.2) is 23.6 Å².